The lowest BCUT2D eigenvalue weighted by Crippen LogP contribution is -2.29. The Kier molecular flexibility index (Phi) is 7.65. The van der Waals surface area contributed by atoms with Crippen LogP contribution in [0.15, 0.2) is 71.7 Å². The largest absolute Gasteiger partial charge is 0.480 e. The van der Waals surface area contributed by atoms with E-state index >= 15 is 0 Å². The lowest BCUT2D eigenvalue weighted by atomic mass is 10.0. The Morgan fingerprint density at radius 2 is 1.95 bits per heavy atom. The van der Waals surface area contributed by atoms with Crippen molar-refractivity contribution in [3.8, 4) is 18.1 Å². The minimum Gasteiger partial charge on any atom is -0.480 e. The molecule has 1 aromatic heterocycles. The van der Waals surface area contributed by atoms with Gasteiger partial charge in [-0.15, -0.1) is 17.8 Å². The zero-order valence-corrected chi connectivity index (χ0v) is 21.6. The van der Waals surface area contributed by atoms with Crippen LogP contribution in [-0.4, -0.2) is 36.8 Å². The number of nitrogens with zero attached hydrogens (tertiary/aromatic N) is 2. The van der Waals surface area contributed by atoms with E-state index in [0.717, 1.165) is 48.0 Å². The number of hydrogen-bond acceptors (Lipinski definition) is 6. The normalized spacial score (nSPS) is 13.4. The highest BCUT2D eigenvalue weighted by Gasteiger charge is 2.28. The summed E-state index contributed by atoms with van der Waals surface area (Å²) in [6, 6.07) is 22.4. The number of thiophene rings is 1. The van der Waals surface area contributed by atoms with Crippen molar-refractivity contribution in [2.75, 3.05) is 19.8 Å². The monoisotopic (exact) mass is 508 g/mol. The van der Waals surface area contributed by atoms with Crippen LogP contribution in [0.3, 0.4) is 0 Å². The highest BCUT2D eigenvalue weighted by Crippen LogP contribution is 2.40. The molecule has 0 amide bonds. The standard InChI is InChI=1S/C31H28N2O3S/c1-3-18-36-27-15-14-23-12-8-9-13-24(23)26(27)19-32-30-29(31(34)35-4-2)25-16-17-33(21-28(25)37-30)20-22-10-6-5-7-11-22/h1,5-15,19H,4,16-18,20-21H2,2H3. The van der Waals surface area contributed by atoms with E-state index in [0.29, 0.717) is 22.9 Å². The van der Waals surface area contributed by atoms with Gasteiger partial charge in [0.1, 0.15) is 17.4 Å². The Morgan fingerprint density at radius 1 is 1.14 bits per heavy atom. The van der Waals surface area contributed by atoms with Gasteiger partial charge in [-0.1, -0.05) is 66.6 Å². The fourth-order valence-electron chi connectivity index (χ4n) is 4.70. The van der Waals surface area contributed by atoms with Gasteiger partial charge in [-0.05, 0) is 41.3 Å². The third kappa shape index (κ3) is 5.43. The van der Waals surface area contributed by atoms with Crippen molar-refractivity contribution in [1.82, 2.24) is 4.90 Å². The van der Waals surface area contributed by atoms with Crippen molar-refractivity contribution in [3.63, 3.8) is 0 Å². The first kappa shape index (κ1) is 24.8. The summed E-state index contributed by atoms with van der Waals surface area (Å²) < 4.78 is 11.3. The fourth-order valence-corrected chi connectivity index (χ4v) is 5.92. The Bertz CT molecular complexity index is 1480. The predicted molar refractivity (Wildman–Crippen MR) is 150 cm³/mol. The zero-order valence-electron chi connectivity index (χ0n) is 20.8. The first-order chi connectivity index (χ1) is 18.2. The van der Waals surface area contributed by atoms with Gasteiger partial charge in [-0.25, -0.2) is 9.79 Å². The zero-order chi connectivity index (χ0) is 25.6. The van der Waals surface area contributed by atoms with Crippen LogP contribution in [0.1, 0.15) is 38.8 Å². The molecule has 37 heavy (non-hydrogen) atoms. The highest BCUT2D eigenvalue weighted by molar-refractivity contribution is 7.16. The van der Waals surface area contributed by atoms with E-state index in [-0.39, 0.29) is 12.6 Å². The number of esters is 1. The maximum Gasteiger partial charge on any atom is 0.341 e. The molecule has 0 spiro atoms. The van der Waals surface area contributed by atoms with Crippen molar-refractivity contribution in [2.24, 2.45) is 4.99 Å². The summed E-state index contributed by atoms with van der Waals surface area (Å²) in [6.07, 6.45) is 8.01. The summed E-state index contributed by atoms with van der Waals surface area (Å²) in [4.78, 5) is 21.5. The van der Waals surface area contributed by atoms with Gasteiger partial charge in [0.2, 0.25) is 0 Å². The molecule has 4 aromatic rings. The maximum atomic E-state index is 13.1. The van der Waals surface area contributed by atoms with Crippen molar-refractivity contribution < 1.29 is 14.3 Å². The number of carbonyl (C=O) groups is 1. The van der Waals surface area contributed by atoms with Crippen LogP contribution >= 0.6 is 11.3 Å². The fraction of sp³-hybridized carbons (Fsp3) is 0.226. The maximum absolute atomic E-state index is 13.1. The van der Waals surface area contributed by atoms with Crippen LogP contribution in [0, 0.1) is 12.3 Å². The first-order valence-corrected chi connectivity index (χ1v) is 13.2. The molecule has 186 valence electrons. The van der Waals surface area contributed by atoms with E-state index in [4.69, 9.17) is 20.9 Å². The molecule has 0 radical (unpaired) electrons. The molecule has 0 N–H and O–H groups in total. The quantitative estimate of drug-likeness (QED) is 0.157. The Morgan fingerprint density at radius 3 is 2.76 bits per heavy atom. The van der Waals surface area contributed by atoms with Gasteiger partial charge in [-0.3, -0.25) is 4.90 Å². The number of aliphatic imine (C=N–C) groups is 1. The van der Waals surface area contributed by atoms with Gasteiger partial charge < -0.3 is 9.47 Å². The van der Waals surface area contributed by atoms with Gasteiger partial charge in [0.15, 0.2) is 0 Å². The molecular formula is C31H28N2O3S. The Hall–Kier alpha value is -3.92. The molecule has 3 aromatic carbocycles. The average molecular weight is 509 g/mol. The van der Waals surface area contributed by atoms with Crippen molar-refractivity contribution >= 4 is 39.3 Å². The number of benzene rings is 3. The van der Waals surface area contributed by atoms with Crippen LogP contribution in [0.4, 0.5) is 5.00 Å². The lowest BCUT2D eigenvalue weighted by Gasteiger charge is -2.27. The molecular weight excluding hydrogens is 480 g/mol. The van der Waals surface area contributed by atoms with Crippen molar-refractivity contribution in [3.05, 3.63) is 93.9 Å². The smallest absolute Gasteiger partial charge is 0.341 e. The third-order valence-corrected chi connectivity index (χ3v) is 7.52. The molecule has 5 nitrogen and oxygen atoms in total. The van der Waals surface area contributed by atoms with E-state index in [1.807, 2.05) is 49.4 Å². The number of ether oxygens (including phenoxy) is 2. The molecule has 0 saturated carbocycles. The number of hydrogen-bond donors (Lipinski definition) is 0. The molecule has 0 saturated heterocycles. The van der Waals surface area contributed by atoms with Crippen LogP contribution in [-0.2, 0) is 24.2 Å². The number of carbonyl (C=O) groups excluding carboxylic acids is 1. The molecule has 0 unspecified atom stereocenters. The molecule has 1 aliphatic rings. The van der Waals surface area contributed by atoms with E-state index in [1.165, 1.54) is 10.4 Å². The van der Waals surface area contributed by atoms with Gasteiger partial charge in [0.05, 0.1) is 12.2 Å². The van der Waals surface area contributed by atoms with E-state index in [1.54, 1.807) is 17.6 Å². The van der Waals surface area contributed by atoms with E-state index in [2.05, 4.69) is 35.1 Å². The summed E-state index contributed by atoms with van der Waals surface area (Å²) >= 11 is 1.57. The molecule has 2 heterocycles. The SMILES string of the molecule is C#CCOc1ccc2ccccc2c1C=Nc1sc2c(c1C(=O)OCC)CCN(Cc1ccccc1)C2. The van der Waals surface area contributed by atoms with E-state index < -0.39 is 0 Å². The molecule has 0 atom stereocenters. The predicted octanol–water partition coefficient (Wildman–Crippen LogP) is 6.40. The molecule has 6 heteroatoms. The molecule has 1 aliphatic heterocycles. The molecule has 5 rings (SSSR count). The van der Waals surface area contributed by atoms with Crippen molar-refractivity contribution in [1.29, 1.82) is 0 Å². The van der Waals surface area contributed by atoms with Crippen LogP contribution in [0.2, 0.25) is 0 Å². The summed E-state index contributed by atoms with van der Waals surface area (Å²) in [5, 5.41) is 2.75. The number of rotatable bonds is 8. The summed E-state index contributed by atoms with van der Waals surface area (Å²) in [5.41, 5.74) is 3.76. The van der Waals surface area contributed by atoms with Gasteiger partial charge in [0.25, 0.3) is 0 Å². The second kappa shape index (κ2) is 11.4. The summed E-state index contributed by atoms with van der Waals surface area (Å²) in [6.45, 7) is 4.84. The lowest BCUT2D eigenvalue weighted by molar-refractivity contribution is 0.0526. The summed E-state index contributed by atoms with van der Waals surface area (Å²) in [5.74, 6) is 2.87. The van der Waals surface area contributed by atoms with Crippen LogP contribution in [0.5, 0.6) is 5.75 Å². The number of terminal acetylenes is 1. The van der Waals surface area contributed by atoms with Gasteiger partial charge in [0, 0.05) is 36.3 Å². The second-order valence-corrected chi connectivity index (χ2v) is 9.88. The van der Waals surface area contributed by atoms with Gasteiger partial charge in [-0.2, -0.15) is 0 Å². The van der Waals surface area contributed by atoms with Crippen molar-refractivity contribution in [2.45, 2.75) is 26.4 Å². The van der Waals surface area contributed by atoms with Crippen LogP contribution in [0.25, 0.3) is 10.8 Å². The summed E-state index contributed by atoms with van der Waals surface area (Å²) in [7, 11) is 0. The number of fused-ring (bicyclic) bond motifs is 2. The third-order valence-electron chi connectivity index (χ3n) is 6.40. The van der Waals surface area contributed by atoms with E-state index in [9.17, 15) is 4.79 Å². The molecule has 0 fully saturated rings. The minimum atomic E-state index is -0.314. The first-order valence-electron chi connectivity index (χ1n) is 12.4. The Labute approximate surface area is 221 Å². The Balaban J connectivity index is 1.51. The van der Waals surface area contributed by atoms with Gasteiger partial charge >= 0.3 is 5.97 Å². The topological polar surface area (TPSA) is 51.1 Å². The minimum absolute atomic E-state index is 0.164. The highest BCUT2D eigenvalue weighted by atomic mass is 32.1. The molecule has 0 aliphatic carbocycles. The van der Waals surface area contributed by atoms with Crippen LogP contribution < -0.4 is 4.74 Å². The molecule has 0 bridgehead atoms. The second-order valence-electron chi connectivity index (χ2n) is 8.80. The average Bonchev–Trinajstić information content (AvgIpc) is 3.29.